The van der Waals surface area contributed by atoms with Gasteiger partial charge in [-0.25, -0.2) is 8.42 Å². The summed E-state index contributed by atoms with van der Waals surface area (Å²) in [6, 6.07) is 30.8. The SMILES string of the molecule is NC(=O)Cc1ccccc1NC(=O)c1cccc(S(=O)(=O)N(Cc2ccccc2)c2ccccc2)c1. The molecule has 0 aliphatic rings. The Labute approximate surface area is 210 Å². The van der Waals surface area contributed by atoms with Gasteiger partial charge in [-0.15, -0.1) is 0 Å². The summed E-state index contributed by atoms with van der Waals surface area (Å²) in [4.78, 5) is 24.4. The normalized spacial score (nSPS) is 11.0. The van der Waals surface area contributed by atoms with Crippen molar-refractivity contribution < 1.29 is 18.0 Å². The monoisotopic (exact) mass is 499 g/mol. The zero-order chi connectivity index (χ0) is 25.5. The van der Waals surface area contributed by atoms with E-state index in [1.807, 2.05) is 36.4 Å². The summed E-state index contributed by atoms with van der Waals surface area (Å²) in [6.45, 7) is 0.129. The van der Waals surface area contributed by atoms with E-state index >= 15 is 0 Å². The van der Waals surface area contributed by atoms with Crippen molar-refractivity contribution >= 4 is 33.2 Å². The molecule has 0 unspecified atom stereocenters. The Morgan fingerprint density at radius 1 is 0.778 bits per heavy atom. The smallest absolute Gasteiger partial charge is 0.264 e. The van der Waals surface area contributed by atoms with Crippen molar-refractivity contribution in [3.63, 3.8) is 0 Å². The van der Waals surface area contributed by atoms with Gasteiger partial charge in [-0.05, 0) is 47.5 Å². The van der Waals surface area contributed by atoms with Gasteiger partial charge in [0.25, 0.3) is 15.9 Å². The number of nitrogens with one attached hydrogen (secondary N) is 1. The minimum absolute atomic E-state index is 0.0136. The van der Waals surface area contributed by atoms with Crippen molar-refractivity contribution in [2.24, 2.45) is 5.73 Å². The predicted octanol–water partition coefficient (Wildman–Crippen LogP) is 4.36. The molecule has 0 aliphatic heterocycles. The summed E-state index contributed by atoms with van der Waals surface area (Å²) in [7, 11) is -4.01. The lowest BCUT2D eigenvalue weighted by Gasteiger charge is -2.25. The molecule has 0 bridgehead atoms. The Balaban J connectivity index is 1.66. The number of primary amides is 1. The first-order valence-electron chi connectivity index (χ1n) is 11.2. The fourth-order valence-corrected chi connectivity index (χ4v) is 5.26. The van der Waals surface area contributed by atoms with Crippen molar-refractivity contribution in [2.45, 2.75) is 17.9 Å². The molecule has 3 N–H and O–H groups in total. The maximum absolute atomic E-state index is 13.8. The molecule has 36 heavy (non-hydrogen) atoms. The van der Waals surface area contributed by atoms with E-state index in [1.165, 1.54) is 28.6 Å². The predicted molar refractivity (Wildman–Crippen MR) is 140 cm³/mol. The van der Waals surface area contributed by atoms with Crippen LogP contribution in [0.3, 0.4) is 0 Å². The van der Waals surface area contributed by atoms with Crippen LogP contribution < -0.4 is 15.4 Å². The van der Waals surface area contributed by atoms with Gasteiger partial charge in [-0.3, -0.25) is 13.9 Å². The molecule has 4 aromatic rings. The average Bonchev–Trinajstić information content (AvgIpc) is 2.89. The number of nitrogens with zero attached hydrogens (tertiary/aromatic N) is 1. The fraction of sp³-hybridized carbons (Fsp3) is 0.0714. The van der Waals surface area contributed by atoms with Crippen LogP contribution in [0.5, 0.6) is 0 Å². The highest BCUT2D eigenvalue weighted by molar-refractivity contribution is 7.92. The molecule has 0 fully saturated rings. The van der Waals surface area contributed by atoms with E-state index in [0.29, 0.717) is 16.9 Å². The molecule has 0 saturated heterocycles. The van der Waals surface area contributed by atoms with Gasteiger partial charge in [0.2, 0.25) is 5.91 Å². The molecule has 182 valence electrons. The summed E-state index contributed by atoms with van der Waals surface area (Å²) in [5.74, 6) is -1.03. The number of carbonyl (C=O) groups is 2. The number of nitrogens with two attached hydrogens (primary N) is 1. The molecule has 0 aliphatic carbocycles. The van der Waals surface area contributed by atoms with E-state index in [-0.39, 0.29) is 23.4 Å². The molecule has 0 radical (unpaired) electrons. The van der Waals surface area contributed by atoms with Gasteiger partial charge in [-0.2, -0.15) is 0 Å². The molecular formula is C28H25N3O4S. The van der Waals surface area contributed by atoms with E-state index in [9.17, 15) is 18.0 Å². The molecule has 0 atom stereocenters. The number of sulfonamides is 1. The molecule has 4 aromatic carbocycles. The number of rotatable bonds is 9. The minimum Gasteiger partial charge on any atom is -0.369 e. The van der Waals surface area contributed by atoms with Gasteiger partial charge in [-0.1, -0.05) is 72.8 Å². The maximum Gasteiger partial charge on any atom is 0.264 e. The number of hydrogen-bond acceptors (Lipinski definition) is 4. The van der Waals surface area contributed by atoms with Gasteiger partial charge in [0.1, 0.15) is 0 Å². The Bertz CT molecular complexity index is 1470. The van der Waals surface area contributed by atoms with Crippen molar-refractivity contribution in [3.05, 3.63) is 126 Å². The van der Waals surface area contributed by atoms with Crippen LogP contribution in [-0.4, -0.2) is 20.2 Å². The second kappa shape index (κ2) is 10.9. The third-order valence-electron chi connectivity index (χ3n) is 5.53. The minimum atomic E-state index is -4.01. The molecule has 2 amide bonds. The molecule has 8 heteroatoms. The van der Waals surface area contributed by atoms with Gasteiger partial charge in [0.05, 0.1) is 23.5 Å². The van der Waals surface area contributed by atoms with Crippen molar-refractivity contribution in [1.29, 1.82) is 0 Å². The Kier molecular flexibility index (Phi) is 7.46. The molecule has 0 aromatic heterocycles. The van der Waals surface area contributed by atoms with Crippen LogP contribution >= 0.6 is 0 Å². The third kappa shape index (κ3) is 5.79. The highest BCUT2D eigenvalue weighted by Gasteiger charge is 2.26. The van der Waals surface area contributed by atoms with Crippen LogP contribution in [0.4, 0.5) is 11.4 Å². The van der Waals surface area contributed by atoms with Crippen LogP contribution in [0.1, 0.15) is 21.5 Å². The zero-order valence-corrected chi connectivity index (χ0v) is 20.2. The van der Waals surface area contributed by atoms with Crippen LogP contribution in [-0.2, 0) is 27.8 Å². The number of anilines is 2. The number of amides is 2. The van der Waals surface area contributed by atoms with E-state index < -0.39 is 21.8 Å². The number of hydrogen-bond donors (Lipinski definition) is 2. The Hall–Kier alpha value is -4.43. The molecular weight excluding hydrogens is 474 g/mol. The van der Waals surface area contributed by atoms with Crippen molar-refractivity contribution in [1.82, 2.24) is 0 Å². The second-order valence-electron chi connectivity index (χ2n) is 8.12. The van der Waals surface area contributed by atoms with Crippen LogP contribution in [0.15, 0.2) is 114 Å². The zero-order valence-electron chi connectivity index (χ0n) is 19.4. The highest BCUT2D eigenvalue weighted by Crippen LogP contribution is 2.27. The van der Waals surface area contributed by atoms with Crippen molar-refractivity contribution in [3.8, 4) is 0 Å². The van der Waals surface area contributed by atoms with Gasteiger partial charge in [0.15, 0.2) is 0 Å². The fourth-order valence-electron chi connectivity index (χ4n) is 3.76. The number of para-hydroxylation sites is 2. The Morgan fingerprint density at radius 3 is 2.11 bits per heavy atom. The van der Waals surface area contributed by atoms with Crippen LogP contribution in [0.25, 0.3) is 0 Å². The average molecular weight is 500 g/mol. The largest absolute Gasteiger partial charge is 0.369 e. The third-order valence-corrected chi connectivity index (χ3v) is 7.30. The van der Waals surface area contributed by atoms with Gasteiger partial charge < -0.3 is 11.1 Å². The Morgan fingerprint density at radius 2 is 1.42 bits per heavy atom. The lowest BCUT2D eigenvalue weighted by Crippen LogP contribution is -2.30. The first-order chi connectivity index (χ1) is 17.3. The molecule has 0 heterocycles. The van der Waals surface area contributed by atoms with E-state index in [4.69, 9.17) is 5.73 Å². The van der Waals surface area contributed by atoms with Gasteiger partial charge >= 0.3 is 0 Å². The first-order valence-corrected chi connectivity index (χ1v) is 12.7. The summed E-state index contributed by atoms with van der Waals surface area (Å²) >= 11 is 0. The molecule has 7 nitrogen and oxygen atoms in total. The summed E-state index contributed by atoms with van der Waals surface area (Å²) in [6.07, 6.45) is -0.0314. The topological polar surface area (TPSA) is 110 Å². The van der Waals surface area contributed by atoms with Crippen molar-refractivity contribution in [2.75, 3.05) is 9.62 Å². The summed E-state index contributed by atoms with van der Waals surface area (Å²) < 4.78 is 28.9. The maximum atomic E-state index is 13.8. The van der Waals surface area contributed by atoms with Crippen LogP contribution in [0.2, 0.25) is 0 Å². The summed E-state index contributed by atoms with van der Waals surface area (Å²) in [5.41, 5.74) is 7.82. The second-order valence-corrected chi connectivity index (χ2v) is 9.98. The molecule has 0 saturated carbocycles. The van der Waals surface area contributed by atoms with E-state index in [1.54, 1.807) is 48.5 Å². The molecule has 0 spiro atoms. The molecule has 4 rings (SSSR count). The number of benzene rings is 4. The first kappa shape index (κ1) is 24.7. The van der Waals surface area contributed by atoms with Crippen LogP contribution in [0, 0.1) is 0 Å². The summed E-state index contributed by atoms with van der Waals surface area (Å²) in [5, 5.41) is 2.76. The standard InChI is InChI=1S/C28H25N3O4S/c29-27(32)19-22-12-7-8-17-26(22)30-28(33)23-13-9-16-25(18-23)36(34,35)31(24-14-5-2-6-15-24)20-21-10-3-1-4-11-21/h1-18H,19-20H2,(H2,29,32)(H,30,33). The lowest BCUT2D eigenvalue weighted by atomic mass is 10.1. The lowest BCUT2D eigenvalue weighted by molar-refractivity contribution is -0.117. The van der Waals surface area contributed by atoms with E-state index in [0.717, 1.165) is 5.56 Å². The van der Waals surface area contributed by atoms with Gasteiger partial charge in [0, 0.05) is 11.3 Å². The quantitative estimate of drug-likeness (QED) is 0.356. The highest BCUT2D eigenvalue weighted by atomic mass is 32.2. The van der Waals surface area contributed by atoms with E-state index in [2.05, 4.69) is 5.32 Å². The number of carbonyl (C=O) groups excluding carboxylic acids is 2.